The third-order valence-electron chi connectivity index (χ3n) is 2.65. The van der Waals surface area contributed by atoms with E-state index < -0.39 is 0 Å². The Hall–Kier alpha value is -1.50. The first-order valence-corrected chi connectivity index (χ1v) is 5.97. The second kappa shape index (κ2) is 8.58. The zero-order valence-corrected chi connectivity index (χ0v) is 11.5. The molecular weight excluding hydrogens is 248 g/mol. The standard InChI is InChI=1S/C13H20N2O4/c1-17-9-10(18-2)7-14-8-12-11(13(16)19-3)5-4-6-15-12/h4-6,10,14H,7-9H2,1-3H3. The van der Waals surface area contributed by atoms with E-state index in [1.54, 1.807) is 32.5 Å². The van der Waals surface area contributed by atoms with E-state index in [1.807, 2.05) is 0 Å². The summed E-state index contributed by atoms with van der Waals surface area (Å²) >= 11 is 0. The Labute approximate surface area is 113 Å². The first kappa shape index (κ1) is 15.6. The molecule has 1 N–H and O–H groups in total. The second-order valence-electron chi connectivity index (χ2n) is 3.93. The summed E-state index contributed by atoms with van der Waals surface area (Å²) < 4.78 is 15.0. The number of ether oxygens (including phenoxy) is 3. The molecule has 1 heterocycles. The summed E-state index contributed by atoms with van der Waals surface area (Å²) in [7, 11) is 4.61. The summed E-state index contributed by atoms with van der Waals surface area (Å²) in [5, 5.41) is 3.18. The van der Waals surface area contributed by atoms with Gasteiger partial charge in [0.2, 0.25) is 0 Å². The van der Waals surface area contributed by atoms with Crippen molar-refractivity contribution in [3.05, 3.63) is 29.6 Å². The average molecular weight is 268 g/mol. The lowest BCUT2D eigenvalue weighted by molar-refractivity contribution is 0.0287. The number of carbonyl (C=O) groups excluding carboxylic acids is 1. The van der Waals surface area contributed by atoms with Gasteiger partial charge in [-0.3, -0.25) is 4.98 Å². The van der Waals surface area contributed by atoms with Crippen LogP contribution in [-0.2, 0) is 20.8 Å². The monoisotopic (exact) mass is 268 g/mol. The van der Waals surface area contributed by atoms with Gasteiger partial charge in [0.1, 0.15) is 0 Å². The van der Waals surface area contributed by atoms with Crippen molar-refractivity contribution in [1.29, 1.82) is 0 Å². The minimum Gasteiger partial charge on any atom is -0.465 e. The number of rotatable bonds is 8. The van der Waals surface area contributed by atoms with Gasteiger partial charge in [-0.05, 0) is 12.1 Å². The molecule has 6 heteroatoms. The molecule has 0 radical (unpaired) electrons. The molecule has 0 saturated carbocycles. The molecule has 0 aliphatic carbocycles. The maximum atomic E-state index is 11.6. The molecule has 1 aromatic heterocycles. The normalized spacial score (nSPS) is 12.2. The number of carbonyl (C=O) groups is 1. The fourth-order valence-electron chi connectivity index (χ4n) is 1.62. The van der Waals surface area contributed by atoms with Gasteiger partial charge < -0.3 is 19.5 Å². The smallest absolute Gasteiger partial charge is 0.339 e. The van der Waals surface area contributed by atoms with Gasteiger partial charge >= 0.3 is 5.97 Å². The third kappa shape index (κ3) is 4.94. The van der Waals surface area contributed by atoms with Gasteiger partial charge in [-0.2, -0.15) is 0 Å². The number of hydrogen-bond donors (Lipinski definition) is 1. The van der Waals surface area contributed by atoms with Crippen LogP contribution in [-0.4, -0.2) is 51.5 Å². The highest BCUT2D eigenvalue weighted by atomic mass is 16.5. The highest BCUT2D eigenvalue weighted by Crippen LogP contribution is 2.06. The topological polar surface area (TPSA) is 69.7 Å². The van der Waals surface area contributed by atoms with E-state index in [4.69, 9.17) is 14.2 Å². The van der Waals surface area contributed by atoms with Crippen LogP contribution < -0.4 is 5.32 Å². The van der Waals surface area contributed by atoms with E-state index >= 15 is 0 Å². The average Bonchev–Trinajstić information content (AvgIpc) is 2.46. The Kier molecular flexibility index (Phi) is 7.02. The summed E-state index contributed by atoms with van der Waals surface area (Å²) in [4.78, 5) is 15.7. The minimum absolute atomic E-state index is 0.0321. The van der Waals surface area contributed by atoms with Crippen molar-refractivity contribution >= 4 is 5.97 Å². The van der Waals surface area contributed by atoms with Crippen LogP contribution in [0.5, 0.6) is 0 Å². The maximum Gasteiger partial charge on any atom is 0.339 e. The first-order chi connectivity index (χ1) is 9.22. The van der Waals surface area contributed by atoms with Crippen LogP contribution in [0.15, 0.2) is 18.3 Å². The molecule has 1 rings (SSSR count). The fraction of sp³-hybridized carbons (Fsp3) is 0.538. The molecule has 0 aliphatic heterocycles. The Morgan fingerprint density at radius 1 is 1.42 bits per heavy atom. The van der Waals surface area contributed by atoms with Gasteiger partial charge in [-0.15, -0.1) is 0 Å². The lowest BCUT2D eigenvalue weighted by Crippen LogP contribution is -2.32. The van der Waals surface area contributed by atoms with E-state index in [2.05, 4.69) is 10.3 Å². The van der Waals surface area contributed by atoms with Gasteiger partial charge in [0.05, 0.1) is 31.1 Å². The lowest BCUT2D eigenvalue weighted by Gasteiger charge is -2.15. The summed E-state index contributed by atoms with van der Waals surface area (Å²) in [5.74, 6) is -0.384. The van der Waals surface area contributed by atoms with Crippen LogP contribution in [0.3, 0.4) is 0 Å². The molecule has 0 aliphatic rings. The lowest BCUT2D eigenvalue weighted by atomic mass is 10.2. The van der Waals surface area contributed by atoms with Crippen molar-refractivity contribution in [1.82, 2.24) is 10.3 Å². The van der Waals surface area contributed by atoms with Crippen molar-refractivity contribution in [3.63, 3.8) is 0 Å². The zero-order valence-electron chi connectivity index (χ0n) is 11.5. The predicted molar refractivity (Wildman–Crippen MR) is 70.0 cm³/mol. The van der Waals surface area contributed by atoms with Crippen LogP contribution in [0.1, 0.15) is 16.1 Å². The summed E-state index contributed by atoms with van der Waals surface area (Å²) in [6.07, 6.45) is 1.61. The third-order valence-corrected chi connectivity index (χ3v) is 2.65. The SMILES string of the molecule is COCC(CNCc1ncccc1C(=O)OC)OC. The summed E-state index contributed by atoms with van der Waals surface area (Å²) in [6, 6.07) is 3.40. The van der Waals surface area contributed by atoms with Gasteiger partial charge in [0.15, 0.2) is 0 Å². The Balaban J connectivity index is 2.55. The van der Waals surface area contributed by atoms with Crippen LogP contribution >= 0.6 is 0 Å². The number of hydrogen-bond acceptors (Lipinski definition) is 6. The van der Waals surface area contributed by atoms with Gasteiger partial charge in [-0.1, -0.05) is 0 Å². The molecule has 0 spiro atoms. The Morgan fingerprint density at radius 2 is 2.21 bits per heavy atom. The Bertz CT molecular complexity index is 398. The Morgan fingerprint density at radius 3 is 2.84 bits per heavy atom. The molecule has 0 amide bonds. The van der Waals surface area contributed by atoms with Crippen LogP contribution in [0, 0.1) is 0 Å². The van der Waals surface area contributed by atoms with Crippen LogP contribution in [0.4, 0.5) is 0 Å². The van der Waals surface area contributed by atoms with E-state index in [0.717, 1.165) is 0 Å². The van der Waals surface area contributed by atoms with E-state index in [1.165, 1.54) is 7.11 Å². The molecule has 1 aromatic rings. The van der Waals surface area contributed by atoms with Crippen molar-refractivity contribution in [2.24, 2.45) is 0 Å². The molecule has 1 atom stereocenters. The number of pyridine rings is 1. The molecule has 0 fully saturated rings. The van der Waals surface area contributed by atoms with E-state index in [-0.39, 0.29) is 12.1 Å². The number of nitrogens with zero attached hydrogens (tertiary/aromatic N) is 1. The molecule has 0 saturated heterocycles. The molecular formula is C13H20N2O4. The number of nitrogens with one attached hydrogen (secondary N) is 1. The largest absolute Gasteiger partial charge is 0.465 e. The van der Waals surface area contributed by atoms with Crippen molar-refractivity contribution in [2.75, 3.05) is 34.5 Å². The summed E-state index contributed by atoms with van der Waals surface area (Å²) in [6.45, 7) is 1.59. The van der Waals surface area contributed by atoms with E-state index in [0.29, 0.717) is 31.0 Å². The van der Waals surface area contributed by atoms with Crippen molar-refractivity contribution in [3.8, 4) is 0 Å². The highest BCUT2D eigenvalue weighted by Gasteiger charge is 2.13. The minimum atomic E-state index is -0.384. The first-order valence-electron chi connectivity index (χ1n) is 5.97. The molecule has 1 unspecified atom stereocenters. The quantitative estimate of drug-likeness (QED) is 0.697. The molecule has 106 valence electrons. The van der Waals surface area contributed by atoms with Gasteiger partial charge in [-0.25, -0.2) is 4.79 Å². The molecule has 19 heavy (non-hydrogen) atoms. The second-order valence-corrected chi connectivity index (χ2v) is 3.93. The molecule has 6 nitrogen and oxygen atoms in total. The number of esters is 1. The zero-order chi connectivity index (χ0) is 14.1. The highest BCUT2D eigenvalue weighted by molar-refractivity contribution is 5.90. The van der Waals surface area contributed by atoms with Crippen LogP contribution in [0.25, 0.3) is 0 Å². The van der Waals surface area contributed by atoms with Crippen molar-refractivity contribution < 1.29 is 19.0 Å². The fourth-order valence-corrected chi connectivity index (χ4v) is 1.62. The maximum absolute atomic E-state index is 11.6. The number of methoxy groups -OCH3 is 3. The van der Waals surface area contributed by atoms with E-state index in [9.17, 15) is 4.79 Å². The molecule has 0 bridgehead atoms. The van der Waals surface area contributed by atoms with Crippen LogP contribution in [0.2, 0.25) is 0 Å². The number of aromatic nitrogens is 1. The van der Waals surface area contributed by atoms with Crippen molar-refractivity contribution in [2.45, 2.75) is 12.6 Å². The van der Waals surface area contributed by atoms with Gasteiger partial charge in [0, 0.05) is 33.5 Å². The molecule has 0 aromatic carbocycles. The summed E-state index contributed by atoms with van der Waals surface area (Å²) in [5.41, 5.74) is 1.12. The predicted octanol–water partition coefficient (Wildman–Crippen LogP) is 0.619. The van der Waals surface area contributed by atoms with Gasteiger partial charge in [0.25, 0.3) is 0 Å².